The van der Waals surface area contributed by atoms with Crippen molar-refractivity contribution in [2.24, 2.45) is 18.9 Å². The number of H-pyrrole nitrogens is 2. The smallest absolute Gasteiger partial charge is 0.490 e. The van der Waals surface area contributed by atoms with Gasteiger partial charge in [0.05, 0.1) is 51.8 Å². The lowest BCUT2D eigenvalue weighted by Crippen LogP contribution is -2.45. The Balaban J connectivity index is 0.946. The number of nitrogens with two attached hydrogens (primary N) is 2. The van der Waals surface area contributed by atoms with Crippen molar-refractivity contribution in [3.05, 3.63) is 62.4 Å². The maximum absolute atomic E-state index is 13.6. The molecule has 5 aromatic heterocycles. The number of methoxy groups -OCH3 is 1. The molecule has 0 radical (unpaired) electrons. The number of imidazole rings is 2. The van der Waals surface area contributed by atoms with E-state index in [4.69, 9.17) is 48.5 Å². The lowest BCUT2D eigenvalue weighted by atomic mass is 9.95. The van der Waals surface area contributed by atoms with Crippen LogP contribution in [0.1, 0.15) is 32.0 Å². The molecule has 8 heterocycles. The van der Waals surface area contributed by atoms with Crippen molar-refractivity contribution < 1.29 is 103 Å². The van der Waals surface area contributed by atoms with Crippen LogP contribution in [0.2, 0.25) is 0 Å². The van der Waals surface area contributed by atoms with Gasteiger partial charge in [0.1, 0.15) is 54.7 Å². The Kier molecular flexibility index (Phi) is 16.1. The van der Waals surface area contributed by atoms with Crippen LogP contribution in [0.25, 0.3) is 22.3 Å². The van der Waals surface area contributed by atoms with Crippen LogP contribution in [-0.2, 0) is 71.0 Å². The summed E-state index contributed by atoms with van der Waals surface area (Å²) in [6, 6.07) is 0.922. The minimum atomic E-state index is -6.16. The van der Waals surface area contributed by atoms with Crippen LogP contribution in [0.4, 0.5) is 11.8 Å². The molecule has 16 atom stereocenters. The summed E-state index contributed by atoms with van der Waals surface area (Å²) in [6.07, 6.45) is -11.1. The molecule has 0 bridgehead atoms. The molecule has 3 aliphatic rings. The number of hydrogen-bond donors (Lipinski definition) is 10. The first kappa shape index (κ1) is 55.6. The van der Waals surface area contributed by atoms with E-state index < -0.39 is 148 Å². The van der Waals surface area contributed by atoms with Crippen molar-refractivity contribution in [2.45, 2.75) is 74.8 Å². The van der Waals surface area contributed by atoms with Crippen molar-refractivity contribution in [3.8, 4) is 0 Å². The van der Waals surface area contributed by atoms with Gasteiger partial charge in [0.25, 0.3) is 24.9 Å². The fourth-order valence-electron chi connectivity index (χ4n) is 8.64. The molecule has 40 heteroatoms. The van der Waals surface area contributed by atoms with Gasteiger partial charge >= 0.3 is 34.8 Å². The van der Waals surface area contributed by atoms with Crippen LogP contribution in [0, 0.1) is 11.8 Å². The van der Waals surface area contributed by atoms with Crippen LogP contribution in [0.3, 0.4) is 0 Å². The highest BCUT2D eigenvalue weighted by Crippen LogP contribution is 2.68. The number of rotatable bonds is 21. The zero-order valence-corrected chi connectivity index (χ0v) is 42.0. The summed E-state index contributed by atoms with van der Waals surface area (Å²) in [6.45, 7) is -1.98. The van der Waals surface area contributed by atoms with E-state index in [1.54, 1.807) is 6.92 Å². The highest BCUT2D eigenvalue weighted by atomic mass is 31.3. The first-order chi connectivity index (χ1) is 34.7. The van der Waals surface area contributed by atoms with Gasteiger partial charge in [0, 0.05) is 25.3 Å². The summed E-state index contributed by atoms with van der Waals surface area (Å²) < 4.78 is 109. The Hall–Kier alpha value is -4.58. The molecular weight excluding hydrogens is 1080 g/mol. The fourth-order valence-corrected chi connectivity index (χ4v) is 13.1. The molecule has 5 aromatic rings. The Bertz CT molecular complexity index is 3260. The molecular formula is C34H48N12O24P4. The van der Waals surface area contributed by atoms with Gasteiger partial charge in [-0.2, -0.15) is 8.62 Å². The van der Waals surface area contributed by atoms with Crippen LogP contribution in [-0.4, -0.2) is 150 Å². The third-order valence-electron chi connectivity index (χ3n) is 11.9. The summed E-state index contributed by atoms with van der Waals surface area (Å²) in [5, 5.41) is 32.5. The lowest BCUT2D eigenvalue weighted by molar-refractivity contribution is -0.745. The van der Waals surface area contributed by atoms with Crippen molar-refractivity contribution in [3.63, 3.8) is 0 Å². The first-order valence-electron chi connectivity index (χ1n) is 21.6. The number of ether oxygens (including phenoxy) is 4. The van der Waals surface area contributed by atoms with Crippen molar-refractivity contribution in [1.82, 2.24) is 43.6 Å². The first-order valence-corrected chi connectivity index (χ1v) is 27.5. The van der Waals surface area contributed by atoms with Gasteiger partial charge in [0.15, 0.2) is 24.0 Å². The highest BCUT2D eigenvalue weighted by molar-refractivity contribution is 7.66. The Morgan fingerprint density at radius 2 is 1.47 bits per heavy atom. The van der Waals surface area contributed by atoms with Crippen molar-refractivity contribution >= 4 is 65.4 Å². The SMILES string of the molecule is CC[C@H]1[C@@H](O)[C@H]([n+]2cn(C)c3c(=O)[nH]c(N)nc32)O[C@@H]1COP(=O)(O)OP(=O)(O)OP(=O)(O)OC[C@H]1O[C@@H](n2cnc3c(N)ncnc32)[C@H](COC)[C@@H]1OP(=O)([O-])OC[C@H]1O[C@@H](n2ccc(=O)[nH]c2=O)[C@H](O)[C@@H]1O. The summed E-state index contributed by atoms with van der Waals surface area (Å²) in [7, 11) is -20.8. The predicted octanol–water partition coefficient (Wildman–Crippen LogP) is -3.59. The molecule has 3 fully saturated rings. The van der Waals surface area contributed by atoms with Crippen LogP contribution in [0.5, 0.6) is 0 Å². The quantitative estimate of drug-likeness (QED) is 0.0251. The van der Waals surface area contributed by atoms with Gasteiger partial charge in [-0.3, -0.25) is 46.9 Å². The molecule has 36 nitrogen and oxygen atoms in total. The van der Waals surface area contributed by atoms with Crippen LogP contribution >= 0.6 is 31.3 Å². The maximum atomic E-state index is 13.6. The summed E-state index contributed by atoms with van der Waals surface area (Å²) in [4.78, 5) is 102. The van der Waals surface area contributed by atoms with Gasteiger partial charge in [-0.1, -0.05) is 11.9 Å². The lowest BCUT2D eigenvalue weighted by Gasteiger charge is -2.32. The number of phosphoric acid groups is 4. The Labute approximate surface area is 412 Å². The normalized spacial score (nSPS) is 30.6. The average molecular weight is 1130 g/mol. The summed E-state index contributed by atoms with van der Waals surface area (Å²) >= 11 is 0. The van der Waals surface area contributed by atoms with Gasteiger partial charge < -0.3 is 74.4 Å². The zero-order chi connectivity index (χ0) is 53.8. The minimum absolute atomic E-state index is 0.0127. The molecule has 74 heavy (non-hydrogen) atoms. The van der Waals surface area contributed by atoms with Crippen molar-refractivity contribution in [1.29, 1.82) is 0 Å². The number of hydrogen-bond acceptors (Lipinski definition) is 27. The molecule has 8 rings (SSSR count). The molecule has 0 spiro atoms. The van der Waals surface area contributed by atoms with Gasteiger partial charge in [-0.15, -0.1) is 0 Å². The maximum Gasteiger partial charge on any atom is 0.490 e. The molecule has 0 saturated carbocycles. The number of nitrogens with zero attached hydrogens (tertiary/aromatic N) is 8. The Morgan fingerprint density at radius 3 is 2.14 bits per heavy atom. The molecule has 0 aromatic carbocycles. The minimum Gasteiger partial charge on any atom is -0.756 e. The van der Waals surface area contributed by atoms with Gasteiger partial charge in [0.2, 0.25) is 11.7 Å². The van der Waals surface area contributed by atoms with E-state index in [1.807, 2.05) is 4.98 Å². The third-order valence-corrected chi connectivity index (χ3v) is 17.1. The van der Waals surface area contributed by atoms with E-state index in [0.717, 1.165) is 23.2 Å². The second-order valence-electron chi connectivity index (χ2n) is 16.7. The van der Waals surface area contributed by atoms with Crippen LogP contribution < -0.4 is 37.7 Å². The molecule has 408 valence electrons. The molecule has 0 aliphatic carbocycles. The standard InChI is InChI=1S/C34H48N12O24P4/c1-4-14-16(65-31(22(14)48)46-13-43(2)21-28(46)41-33(36)42-29(21)51)8-63-72(55,56)69-74(59,60)70-73(57,58)64-10-18-25(15(7-61-3)30(67-18)45-12-39-20-26(35)37-11-38-27(20)45)68-71(53,54)62-9-17-23(49)24(50)32(66-17)44-6-5-19(47)40-34(44)52/h5-6,11-18,22-25,30-32,48-50H,4,7-10H2,1-3H3,(H9-,35,36,37,38,40,41,42,47,51,52,53,54,55,56,57,58,59,60)/t14-,15-,16-,17-,18-,22-,23-,24-,25+,30-,31-,32-/m1/s1. The number of nitrogens with one attached hydrogen (secondary N) is 2. The third kappa shape index (κ3) is 11.7. The fraction of sp³-hybridized carbons (Fsp3) is 0.588. The van der Waals surface area contributed by atoms with E-state index >= 15 is 0 Å². The monoisotopic (exact) mass is 1130 g/mol. The number of phosphoric ester groups is 3. The number of nitrogen functional groups attached to an aromatic ring is 2. The summed E-state index contributed by atoms with van der Waals surface area (Å²) in [5.41, 5.74) is 9.41. The molecule has 3 aliphatic heterocycles. The summed E-state index contributed by atoms with van der Waals surface area (Å²) in [5.74, 6) is -2.44. The largest absolute Gasteiger partial charge is 0.756 e. The van der Waals surface area contributed by atoms with Gasteiger partial charge in [-0.05, 0) is 6.42 Å². The average Bonchev–Trinajstić information content (AvgIpc) is 4.10. The molecule has 0 amide bonds. The van der Waals surface area contributed by atoms with Crippen molar-refractivity contribution in [2.75, 3.05) is 45.0 Å². The number of aryl methyl sites for hydroxylation is 1. The molecule has 12 N–H and O–H groups in total. The number of fused-ring (bicyclic) bond motifs is 2. The number of aliphatic hydroxyl groups excluding tert-OH is 3. The number of anilines is 2. The molecule has 3 saturated heterocycles. The van der Waals surface area contributed by atoms with Gasteiger partial charge in [-0.25, -0.2) is 38.0 Å². The highest BCUT2D eigenvalue weighted by Gasteiger charge is 2.52. The van der Waals surface area contributed by atoms with Crippen LogP contribution in [0.15, 0.2) is 45.6 Å². The predicted molar refractivity (Wildman–Crippen MR) is 238 cm³/mol. The zero-order valence-electron chi connectivity index (χ0n) is 38.4. The topological polar surface area (TPSA) is 510 Å². The van der Waals surface area contributed by atoms with E-state index in [0.29, 0.717) is 0 Å². The Morgan fingerprint density at radius 1 is 0.811 bits per heavy atom. The number of aromatic nitrogens is 10. The van der Waals surface area contributed by atoms with E-state index in [1.165, 1.54) is 40.5 Å². The second-order valence-corrected chi connectivity index (χ2v) is 22.7. The second kappa shape index (κ2) is 21.4. The van der Waals surface area contributed by atoms with E-state index in [-0.39, 0.29) is 40.5 Å². The van der Waals surface area contributed by atoms with E-state index in [9.17, 15) is 67.5 Å². The number of aromatic amines is 2. The number of aliphatic hydroxyl groups is 3. The van der Waals surface area contributed by atoms with E-state index in [2.05, 4.69) is 33.5 Å². The molecule has 4 unspecified atom stereocenters.